The van der Waals surface area contributed by atoms with Gasteiger partial charge in [0.1, 0.15) is 18.5 Å². The number of hydrogen-bond donors (Lipinski definition) is 1. The van der Waals surface area contributed by atoms with Gasteiger partial charge in [0.05, 0.1) is 0 Å². The first-order chi connectivity index (χ1) is 10.8. The Morgan fingerprint density at radius 3 is 2.09 bits per heavy atom. The molecule has 3 rings (SSSR count). The molecule has 0 bridgehead atoms. The Kier molecular flexibility index (Phi) is 4.52. The third kappa shape index (κ3) is 3.54. The number of rotatable bonds is 5. The molecule has 0 spiro atoms. The van der Waals surface area contributed by atoms with Crippen LogP contribution in [0.1, 0.15) is 22.8 Å². The van der Waals surface area contributed by atoms with Crippen LogP contribution in [0.25, 0.3) is 0 Å². The van der Waals surface area contributed by atoms with E-state index in [9.17, 15) is 5.11 Å². The molecule has 1 atom stereocenters. The molecule has 1 N–H and O–H groups in total. The lowest BCUT2D eigenvalue weighted by Gasteiger charge is -2.13. The number of hydrogen-bond acceptors (Lipinski definition) is 2. The van der Waals surface area contributed by atoms with Crippen LogP contribution in [0, 0.1) is 0 Å². The molecule has 0 heterocycles. The van der Waals surface area contributed by atoms with Crippen molar-refractivity contribution < 1.29 is 9.84 Å². The summed E-state index contributed by atoms with van der Waals surface area (Å²) in [6, 6.07) is 27.3. The van der Waals surface area contributed by atoms with E-state index in [4.69, 9.17) is 4.74 Å². The smallest absolute Gasteiger partial charge is 0.120 e. The molecule has 1 unspecified atom stereocenters. The van der Waals surface area contributed by atoms with E-state index in [0.29, 0.717) is 6.61 Å². The highest BCUT2D eigenvalue weighted by molar-refractivity contribution is 5.35. The van der Waals surface area contributed by atoms with Crippen LogP contribution in [0.15, 0.2) is 84.9 Å². The lowest BCUT2D eigenvalue weighted by Crippen LogP contribution is -2.00. The van der Waals surface area contributed by atoms with Crippen LogP contribution in [0.2, 0.25) is 0 Å². The maximum atomic E-state index is 10.4. The lowest BCUT2D eigenvalue weighted by atomic mass is 10.0. The molecule has 2 heteroatoms. The van der Waals surface area contributed by atoms with Gasteiger partial charge in [0.2, 0.25) is 0 Å². The molecule has 0 aliphatic carbocycles. The highest BCUT2D eigenvalue weighted by atomic mass is 16.5. The lowest BCUT2D eigenvalue weighted by molar-refractivity contribution is 0.219. The van der Waals surface area contributed by atoms with Gasteiger partial charge in [-0.05, 0) is 28.8 Å². The number of ether oxygens (including phenoxy) is 1. The summed E-state index contributed by atoms with van der Waals surface area (Å²) in [6.45, 7) is 0.520. The number of benzene rings is 3. The van der Waals surface area contributed by atoms with E-state index in [1.807, 2.05) is 84.9 Å². The van der Waals surface area contributed by atoms with Gasteiger partial charge in [-0.2, -0.15) is 0 Å². The Hall–Kier alpha value is -2.58. The average Bonchev–Trinajstić information content (AvgIpc) is 2.61. The van der Waals surface area contributed by atoms with E-state index in [-0.39, 0.29) is 0 Å². The predicted octanol–water partition coefficient (Wildman–Crippen LogP) is 4.35. The van der Waals surface area contributed by atoms with Crippen LogP contribution < -0.4 is 4.74 Å². The summed E-state index contributed by atoms with van der Waals surface area (Å²) < 4.78 is 5.81. The van der Waals surface area contributed by atoms with Crippen molar-refractivity contribution in [1.29, 1.82) is 0 Å². The van der Waals surface area contributed by atoms with E-state index < -0.39 is 6.10 Å². The van der Waals surface area contributed by atoms with Crippen LogP contribution in [0.4, 0.5) is 0 Å². The Bertz CT molecular complexity index is 708. The predicted molar refractivity (Wildman–Crippen MR) is 87.7 cm³/mol. The molecule has 0 amide bonds. The summed E-state index contributed by atoms with van der Waals surface area (Å²) in [7, 11) is 0. The molecule has 110 valence electrons. The van der Waals surface area contributed by atoms with Gasteiger partial charge in [-0.25, -0.2) is 0 Å². The second-order valence-corrected chi connectivity index (χ2v) is 5.16. The van der Waals surface area contributed by atoms with Crippen molar-refractivity contribution in [3.05, 3.63) is 102 Å². The van der Waals surface area contributed by atoms with Gasteiger partial charge in [0.25, 0.3) is 0 Å². The second-order valence-electron chi connectivity index (χ2n) is 5.16. The third-order valence-corrected chi connectivity index (χ3v) is 3.54. The highest BCUT2D eigenvalue weighted by Gasteiger charge is 2.10. The van der Waals surface area contributed by atoms with E-state index in [0.717, 1.165) is 22.4 Å². The maximum absolute atomic E-state index is 10.4. The van der Waals surface area contributed by atoms with E-state index in [1.165, 1.54) is 0 Å². The Morgan fingerprint density at radius 2 is 1.36 bits per heavy atom. The fourth-order valence-corrected chi connectivity index (χ4v) is 2.34. The highest BCUT2D eigenvalue weighted by Crippen LogP contribution is 2.25. The zero-order valence-corrected chi connectivity index (χ0v) is 12.2. The first-order valence-corrected chi connectivity index (χ1v) is 7.32. The van der Waals surface area contributed by atoms with Gasteiger partial charge < -0.3 is 9.84 Å². The first kappa shape index (κ1) is 14.4. The third-order valence-electron chi connectivity index (χ3n) is 3.54. The first-order valence-electron chi connectivity index (χ1n) is 7.32. The summed E-state index contributed by atoms with van der Waals surface area (Å²) in [6.07, 6.45) is -0.638. The molecule has 0 aromatic heterocycles. The fraction of sp³-hybridized carbons (Fsp3) is 0.100. The van der Waals surface area contributed by atoms with Crippen molar-refractivity contribution in [2.24, 2.45) is 0 Å². The molecule has 22 heavy (non-hydrogen) atoms. The monoisotopic (exact) mass is 290 g/mol. The van der Waals surface area contributed by atoms with Gasteiger partial charge in [-0.1, -0.05) is 72.8 Å². The van der Waals surface area contributed by atoms with Gasteiger partial charge >= 0.3 is 0 Å². The summed E-state index contributed by atoms with van der Waals surface area (Å²) in [5.74, 6) is 0.760. The molecule has 0 aliphatic heterocycles. The van der Waals surface area contributed by atoms with Gasteiger partial charge in [0, 0.05) is 0 Å². The average molecular weight is 290 g/mol. The Morgan fingerprint density at radius 1 is 0.727 bits per heavy atom. The van der Waals surface area contributed by atoms with Crippen LogP contribution in [-0.2, 0) is 6.61 Å². The van der Waals surface area contributed by atoms with Gasteiger partial charge in [-0.3, -0.25) is 0 Å². The number of aliphatic hydroxyl groups excluding tert-OH is 1. The quantitative estimate of drug-likeness (QED) is 0.757. The van der Waals surface area contributed by atoms with Crippen molar-refractivity contribution in [1.82, 2.24) is 0 Å². The van der Waals surface area contributed by atoms with Crippen LogP contribution in [0.5, 0.6) is 5.75 Å². The summed E-state index contributed by atoms with van der Waals surface area (Å²) in [5.41, 5.74) is 2.83. The van der Waals surface area contributed by atoms with E-state index in [1.54, 1.807) is 0 Å². The van der Waals surface area contributed by atoms with Gasteiger partial charge in [0.15, 0.2) is 0 Å². The minimum atomic E-state index is -0.638. The standard InChI is InChI=1S/C20H18O2/c21-20(17-10-5-2-6-11-17)18-12-7-13-19(14-18)22-15-16-8-3-1-4-9-16/h1-14,20-21H,15H2. The van der Waals surface area contributed by atoms with E-state index in [2.05, 4.69) is 0 Å². The molecule has 0 aliphatic rings. The van der Waals surface area contributed by atoms with E-state index >= 15 is 0 Å². The zero-order valence-electron chi connectivity index (χ0n) is 12.2. The minimum absolute atomic E-state index is 0.520. The van der Waals surface area contributed by atoms with Crippen molar-refractivity contribution in [3.8, 4) is 5.75 Å². The van der Waals surface area contributed by atoms with Crippen LogP contribution in [0.3, 0.4) is 0 Å². The van der Waals surface area contributed by atoms with Crippen molar-refractivity contribution in [2.75, 3.05) is 0 Å². The molecule has 0 fully saturated rings. The summed E-state index contributed by atoms with van der Waals surface area (Å²) in [5, 5.41) is 10.4. The molecule has 3 aromatic rings. The zero-order chi connectivity index (χ0) is 15.2. The molecule has 2 nitrogen and oxygen atoms in total. The Balaban J connectivity index is 1.72. The number of aliphatic hydroxyl groups is 1. The molecule has 3 aromatic carbocycles. The minimum Gasteiger partial charge on any atom is -0.489 e. The Labute approximate surface area is 130 Å². The molecule has 0 radical (unpaired) electrons. The molecular formula is C20H18O2. The topological polar surface area (TPSA) is 29.5 Å². The van der Waals surface area contributed by atoms with Crippen molar-refractivity contribution in [2.45, 2.75) is 12.7 Å². The van der Waals surface area contributed by atoms with Crippen LogP contribution >= 0.6 is 0 Å². The summed E-state index contributed by atoms with van der Waals surface area (Å²) >= 11 is 0. The maximum Gasteiger partial charge on any atom is 0.120 e. The van der Waals surface area contributed by atoms with Crippen molar-refractivity contribution >= 4 is 0 Å². The fourth-order valence-electron chi connectivity index (χ4n) is 2.34. The SMILES string of the molecule is OC(c1ccccc1)c1cccc(OCc2ccccc2)c1. The second kappa shape index (κ2) is 6.92. The summed E-state index contributed by atoms with van der Waals surface area (Å²) in [4.78, 5) is 0. The van der Waals surface area contributed by atoms with Gasteiger partial charge in [-0.15, -0.1) is 0 Å². The molecule has 0 saturated carbocycles. The normalized spacial score (nSPS) is 11.9. The largest absolute Gasteiger partial charge is 0.489 e. The molecular weight excluding hydrogens is 272 g/mol. The van der Waals surface area contributed by atoms with Crippen LogP contribution in [-0.4, -0.2) is 5.11 Å². The van der Waals surface area contributed by atoms with Crippen molar-refractivity contribution in [3.63, 3.8) is 0 Å². The molecule has 0 saturated heterocycles.